The Labute approximate surface area is 147 Å². The largest absolute Gasteiger partial charge is 0.282 e. The second-order valence-corrected chi connectivity index (χ2v) is 9.73. The zero-order chi connectivity index (χ0) is 17.8. The van der Waals surface area contributed by atoms with Gasteiger partial charge < -0.3 is 0 Å². The van der Waals surface area contributed by atoms with Crippen LogP contribution in [0, 0.1) is 5.41 Å². The summed E-state index contributed by atoms with van der Waals surface area (Å²) in [5, 5.41) is 0. The Balaban J connectivity index is 2.24. The number of aromatic nitrogens is 1. The second-order valence-electron chi connectivity index (χ2n) is 7.74. The molecular formula is C18H31N3O2S. The number of rotatable bonds is 5. The van der Waals surface area contributed by atoms with E-state index in [4.69, 9.17) is 0 Å². The molecule has 5 nitrogen and oxygen atoms in total. The maximum absolute atomic E-state index is 13.1. The molecule has 136 valence electrons. The molecule has 24 heavy (non-hydrogen) atoms. The van der Waals surface area contributed by atoms with Gasteiger partial charge >= 0.3 is 0 Å². The van der Waals surface area contributed by atoms with Gasteiger partial charge in [-0.2, -0.15) is 17.0 Å². The standard InChI is InChI=1S/C18H31N3O2S/c1-18(2,3)17(15-16-11-7-8-12-19-16)20(4)24(22,23)21-13-9-5-6-10-14-21/h7-8,11-12,17H,5-6,9-10,13-15H2,1-4H3/t17-/m0/s1. The fourth-order valence-corrected chi connectivity index (χ4v) is 5.11. The van der Waals surface area contributed by atoms with Gasteiger partial charge in [0, 0.05) is 44.5 Å². The van der Waals surface area contributed by atoms with Crippen molar-refractivity contribution in [1.82, 2.24) is 13.6 Å². The summed E-state index contributed by atoms with van der Waals surface area (Å²) < 4.78 is 29.5. The Kier molecular flexibility index (Phi) is 6.39. The van der Waals surface area contributed by atoms with E-state index in [1.54, 1.807) is 21.9 Å². The molecule has 1 aliphatic rings. The second kappa shape index (κ2) is 7.93. The van der Waals surface area contributed by atoms with Gasteiger partial charge in [-0.15, -0.1) is 0 Å². The molecule has 0 saturated carbocycles. The van der Waals surface area contributed by atoms with Gasteiger partial charge in [-0.3, -0.25) is 4.98 Å². The molecule has 1 aromatic heterocycles. The van der Waals surface area contributed by atoms with Crippen molar-refractivity contribution in [1.29, 1.82) is 0 Å². The van der Waals surface area contributed by atoms with Crippen LogP contribution < -0.4 is 0 Å². The highest BCUT2D eigenvalue weighted by molar-refractivity contribution is 7.86. The summed E-state index contributed by atoms with van der Waals surface area (Å²) in [5.74, 6) is 0. The van der Waals surface area contributed by atoms with E-state index in [0.717, 1.165) is 31.4 Å². The fraction of sp³-hybridized carbons (Fsp3) is 0.722. The molecule has 1 saturated heterocycles. The zero-order valence-corrected chi connectivity index (χ0v) is 16.2. The Morgan fingerprint density at radius 1 is 1.17 bits per heavy atom. The SMILES string of the molecule is CN([C@@H](Cc1ccccn1)C(C)(C)C)S(=O)(=O)N1CCCCCC1. The lowest BCUT2D eigenvalue weighted by atomic mass is 9.84. The van der Waals surface area contributed by atoms with E-state index in [1.807, 2.05) is 18.2 Å². The molecule has 2 rings (SSSR count). The van der Waals surface area contributed by atoms with Crippen LogP contribution in [0.4, 0.5) is 0 Å². The van der Waals surface area contributed by atoms with Crippen LogP contribution in [0.25, 0.3) is 0 Å². The van der Waals surface area contributed by atoms with Crippen molar-refractivity contribution in [3.8, 4) is 0 Å². The van der Waals surface area contributed by atoms with Crippen molar-refractivity contribution < 1.29 is 8.42 Å². The first kappa shape index (κ1) is 19.3. The van der Waals surface area contributed by atoms with Crippen molar-refractivity contribution in [3.05, 3.63) is 30.1 Å². The van der Waals surface area contributed by atoms with E-state index in [9.17, 15) is 8.42 Å². The van der Waals surface area contributed by atoms with Crippen molar-refractivity contribution in [2.24, 2.45) is 5.41 Å². The molecule has 0 aliphatic carbocycles. The summed E-state index contributed by atoms with van der Waals surface area (Å²) in [6.07, 6.45) is 6.52. The van der Waals surface area contributed by atoms with Crippen LogP contribution in [-0.2, 0) is 16.6 Å². The van der Waals surface area contributed by atoms with Gasteiger partial charge in [-0.25, -0.2) is 0 Å². The van der Waals surface area contributed by atoms with Crippen molar-refractivity contribution in [3.63, 3.8) is 0 Å². The van der Waals surface area contributed by atoms with Gasteiger partial charge in [0.2, 0.25) is 0 Å². The van der Waals surface area contributed by atoms with Crippen LogP contribution in [0.15, 0.2) is 24.4 Å². The number of likely N-dealkylation sites (N-methyl/N-ethyl adjacent to an activating group) is 1. The number of pyridine rings is 1. The summed E-state index contributed by atoms with van der Waals surface area (Å²) in [6, 6.07) is 5.66. The van der Waals surface area contributed by atoms with Crippen molar-refractivity contribution in [2.45, 2.75) is 58.9 Å². The summed E-state index contributed by atoms with van der Waals surface area (Å²) in [4.78, 5) is 4.39. The number of hydrogen-bond acceptors (Lipinski definition) is 3. The lowest BCUT2D eigenvalue weighted by Gasteiger charge is -2.39. The van der Waals surface area contributed by atoms with Gasteiger partial charge in [-0.1, -0.05) is 39.7 Å². The Morgan fingerprint density at radius 2 is 1.79 bits per heavy atom. The van der Waals surface area contributed by atoms with E-state index in [2.05, 4.69) is 25.8 Å². The Hall–Kier alpha value is -0.980. The van der Waals surface area contributed by atoms with E-state index >= 15 is 0 Å². The van der Waals surface area contributed by atoms with Crippen molar-refractivity contribution in [2.75, 3.05) is 20.1 Å². The molecule has 6 heteroatoms. The molecular weight excluding hydrogens is 322 g/mol. The number of nitrogens with zero attached hydrogens (tertiary/aromatic N) is 3. The molecule has 2 heterocycles. The van der Waals surface area contributed by atoms with E-state index < -0.39 is 10.2 Å². The normalized spacial score (nSPS) is 19.2. The highest BCUT2D eigenvalue weighted by Gasteiger charge is 2.38. The van der Waals surface area contributed by atoms with Crippen LogP contribution in [0.5, 0.6) is 0 Å². The van der Waals surface area contributed by atoms with E-state index in [1.165, 1.54) is 0 Å². The first-order valence-electron chi connectivity index (χ1n) is 8.86. The van der Waals surface area contributed by atoms with E-state index in [-0.39, 0.29) is 11.5 Å². The maximum atomic E-state index is 13.1. The van der Waals surface area contributed by atoms with Gasteiger partial charge in [0.15, 0.2) is 0 Å². The molecule has 0 unspecified atom stereocenters. The topological polar surface area (TPSA) is 53.5 Å². The van der Waals surface area contributed by atoms with Gasteiger partial charge in [0.25, 0.3) is 10.2 Å². The third-order valence-electron chi connectivity index (χ3n) is 4.82. The Morgan fingerprint density at radius 3 is 2.29 bits per heavy atom. The minimum atomic E-state index is -3.45. The molecule has 0 N–H and O–H groups in total. The van der Waals surface area contributed by atoms with Crippen LogP contribution >= 0.6 is 0 Å². The molecule has 0 spiro atoms. The fourth-order valence-electron chi connectivity index (χ4n) is 3.31. The van der Waals surface area contributed by atoms with Gasteiger partial charge in [0.05, 0.1) is 0 Å². The highest BCUT2D eigenvalue weighted by Crippen LogP contribution is 2.29. The monoisotopic (exact) mass is 353 g/mol. The third-order valence-corrected chi connectivity index (χ3v) is 6.82. The quantitative estimate of drug-likeness (QED) is 0.817. The predicted molar refractivity (Wildman–Crippen MR) is 97.9 cm³/mol. The zero-order valence-electron chi connectivity index (χ0n) is 15.4. The van der Waals surface area contributed by atoms with Crippen LogP contribution in [0.3, 0.4) is 0 Å². The maximum Gasteiger partial charge on any atom is 0.282 e. The molecule has 1 aromatic rings. The van der Waals surface area contributed by atoms with Gasteiger partial charge in [-0.05, 0) is 30.4 Å². The Bertz CT molecular complexity index is 603. The summed E-state index contributed by atoms with van der Waals surface area (Å²) in [5.41, 5.74) is 0.751. The highest BCUT2D eigenvalue weighted by atomic mass is 32.2. The van der Waals surface area contributed by atoms with Gasteiger partial charge in [0.1, 0.15) is 0 Å². The molecule has 0 aromatic carbocycles. The summed E-state index contributed by atoms with van der Waals surface area (Å²) in [6.45, 7) is 7.54. The molecule has 0 amide bonds. The smallest absolute Gasteiger partial charge is 0.261 e. The minimum Gasteiger partial charge on any atom is -0.261 e. The average Bonchev–Trinajstić information content (AvgIpc) is 2.81. The predicted octanol–water partition coefficient (Wildman–Crippen LogP) is 3.09. The third kappa shape index (κ3) is 4.77. The van der Waals surface area contributed by atoms with Crippen LogP contribution in [-0.4, -0.2) is 48.2 Å². The average molecular weight is 354 g/mol. The molecule has 0 bridgehead atoms. The first-order valence-corrected chi connectivity index (χ1v) is 10.3. The molecule has 1 aliphatic heterocycles. The minimum absolute atomic E-state index is 0.138. The number of hydrogen-bond donors (Lipinski definition) is 0. The first-order chi connectivity index (χ1) is 11.2. The van der Waals surface area contributed by atoms with Crippen LogP contribution in [0.2, 0.25) is 0 Å². The molecule has 1 fully saturated rings. The molecule has 1 atom stereocenters. The lowest BCUT2D eigenvalue weighted by molar-refractivity contribution is 0.186. The van der Waals surface area contributed by atoms with E-state index in [0.29, 0.717) is 19.5 Å². The lowest BCUT2D eigenvalue weighted by Crippen LogP contribution is -2.52. The summed E-state index contributed by atoms with van der Waals surface area (Å²) >= 11 is 0. The molecule has 0 radical (unpaired) electrons. The summed E-state index contributed by atoms with van der Waals surface area (Å²) in [7, 11) is -1.73. The van der Waals surface area contributed by atoms with Crippen molar-refractivity contribution >= 4 is 10.2 Å². The van der Waals surface area contributed by atoms with Crippen LogP contribution in [0.1, 0.15) is 52.1 Å².